The highest BCUT2D eigenvalue weighted by atomic mass is 19.1. The molecule has 1 aliphatic heterocycles. The maximum atomic E-state index is 14.2. The number of alkyl halides is 1. The highest BCUT2D eigenvalue weighted by Crippen LogP contribution is 2.30. The molecule has 1 saturated heterocycles. The lowest BCUT2D eigenvalue weighted by Crippen LogP contribution is -2.31. The van der Waals surface area contributed by atoms with Gasteiger partial charge in [0.15, 0.2) is 12.8 Å². The van der Waals surface area contributed by atoms with E-state index in [9.17, 15) is 18.8 Å². The first-order chi connectivity index (χ1) is 13.8. The maximum absolute atomic E-state index is 14.2. The molecule has 1 aromatic rings. The van der Waals surface area contributed by atoms with Crippen molar-refractivity contribution in [2.45, 2.75) is 57.7 Å². The van der Waals surface area contributed by atoms with Gasteiger partial charge in [0.05, 0.1) is 12.5 Å². The summed E-state index contributed by atoms with van der Waals surface area (Å²) in [5.74, 6) is -1.26. The average molecular weight is 414 g/mol. The number of nitrogens with two attached hydrogens (primary N) is 1. The van der Waals surface area contributed by atoms with Crippen molar-refractivity contribution in [3.05, 3.63) is 22.7 Å². The normalized spacial score (nSPS) is 22.2. The van der Waals surface area contributed by atoms with Gasteiger partial charge in [-0.3, -0.25) is 9.36 Å². The largest absolute Gasteiger partial charge is 0.460 e. The molecule has 0 bridgehead atoms. The molecule has 0 amide bonds. The quantitative estimate of drug-likeness (QED) is 0.519. The zero-order chi connectivity index (χ0) is 21.4. The summed E-state index contributed by atoms with van der Waals surface area (Å²) in [6.45, 7) is 3.73. The van der Waals surface area contributed by atoms with Gasteiger partial charge in [0, 0.05) is 25.2 Å². The van der Waals surface area contributed by atoms with Gasteiger partial charge in [-0.1, -0.05) is 6.92 Å². The first kappa shape index (κ1) is 22.8. The number of nitrogen functional groups attached to an aromatic ring is 1. The molecule has 162 valence electrons. The fraction of sp³-hybridized carbons (Fsp3) is 0.667. The summed E-state index contributed by atoms with van der Waals surface area (Å²) in [7, 11) is 0. The molecule has 1 aromatic heterocycles. The molecule has 10 nitrogen and oxygen atoms in total. The third kappa shape index (κ3) is 7.09. The van der Waals surface area contributed by atoms with E-state index >= 15 is 0 Å². The lowest BCUT2D eigenvalue weighted by molar-refractivity contribution is -0.161. The van der Waals surface area contributed by atoms with Gasteiger partial charge in [0.25, 0.3) is 0 Å². The predicted molar refractivity (Wildman–Crippen MR) is 101 cm³/mol. The Hall–Kier alpha value is -2.53. The van der Waals surface area contributed by atoms with Crippen LogP contribution in [0.4, 0.5) is 10.2 Å². The van der Waals surface area contributed by atoms with Gasteiger partial charge in [-0.15, -0.1) is 0 Å². The smallest absolute Gasteiger partial charge is 0.351 e. The molecule has 2 heterocycles. The SMILES string of the molecule is CCC(C)NCCC(=O)OCC(=O)OC[C@@H]1C[C@H](F)[C@H](n2ccc(N)nc2=O)O1. The third-order valence-corrected chi connectivity index (χ3v) is 4.47. The van der Waals surface area contributed by atoms with Crippen molar-refractivity contribution in [3.8, 4) is 0 Å². The zero-order valence-corrected chi connectivity index (χ0v) is 16.5. The lowest BCUT2D eigenvalue weighted by atomic mass is 10.2. The molecule has 1 fully saturated rings. The van der Waals surface area contributed by atoms with Crippen LogP contribution in [0, 0.1) is 0 Å². The van der Waals surface area contributed by atoms with E-state index in [0.717, 1.165) is 11.0 Å². The van der Waals surface area contributed by atoms with Crippen molar-refractivity contribution in [3.63, 3.8) is 0 Å². The summed E-state index contributed by atoms with van der Waals surface area (Å²) in [6, 6.07) is 1.65. The molecule has 0 aromatic carbocycles. The summed E-state index contributed by atoms with van der Waals surface area (Å²) >= 11 is 0. The van der Waals surface area contributed by atoms with Gasteiger partial charge < -0.3 is 25.3 Å². The van der Waals surface area contributed by atoms with E-state index in [1.165, 1.54) is 12.3 Å². The van der Waals surface area contributed by atoms with E-state index in [4.69, 9.17) is 19.9 Å². The number of carbonyl (C=O) groups excluding carboxylic acids is 2. The van der Waals surface area contributed by atoms with Gasteiger partial charge in [-0.25, -0.2) is 14.0 Å². The highest BCUT2D eigenvalue weighted by Gasteiger charge is 2.38. The molecule has 1 aliphatic rings. The molecule has 2 rings (SSSR count). The minimum absolute atomic E-state index is 0.0235. The number of anilines is 1. The van der Waals surface area contributed by atoms with Crippen molar-refractivity contribution in [2.75, 3.05) is 25.5 Å². The summed E-state index contributed by atoms with van der Waals surface area (Å²) in [5.41, 5.74) is 4.68. The van der Waals surface area contributed by atoms with Gasteiger partial charge >= 0.3 is 17.6 Å². The molecule has 0 radical (unpaired) electrons. The lowest BCUT2D eigenvalue weighted by Gasteiger charge is -2.16. The molecule has 1 unspecified atom stereocenters. The van der Waals surface area contributed by atoms with Crippen LogP contribution < -0.4 is 16.7 Å². The van der Waals surface area contributed by atoms with Crippen LogP contribution in [0.5, 0.6) is 0 Å². The number of hydrogen-bond donors (Lipinski definition) is 2. The third-order valence-electron chi connectivity index (χ3n) is 4.47. The average Bonchev–Trinajstić information content (AvgIpc) is 3.05. The minimum atomic E-state index is -1.47. The molecule has 0 aliphatic carbocycles. The van der Waals surface area contributed by atoms with Gasteiger partial charge in [0.1, 0.15) is 18.6 Å². The van der Waals surface area contributed by atoms with Crippen LogP contribution in [0.25, 0.3) is 0 Å². The summed E-state index contributed by atoms with van der Waals surface area (Å²) < 4.78 is 30.5. The number of ether oxygens (including phenoxy) is 3. The van der Waals surface area contributed by atoms with Gasteiger partial charge in [0.2, 0.25) is 0 Å². The number of nitrogens with zero attached hydrogens (tertiary/aromatic N) is 2. The summed E-state index contributed by atoms with van der Waals surface area (Å²) in [4.78, 5) is 38.6. The number of aromatic nitrogens is 2. The molecule has 0 spiro atoms. The van der Waals surface area contributed by atoms with E-state index in [2.05, 4.69) is 10.3 Å². The zero-order valence-electron chi connectivity index (χ0n) is 16.5. The number of rotatable bonds is 10. The number of halogens is 1. The van der Waals surface area contributed by atoms with E-state index in [-0.39, 0.29) is 25.3 Å². The Morgan fingerprint density at radius 2 is 2.21 bits per heavy atom. The van der Waals surface area contributed by atoms with Crippen LogP contribution >= 0.6 is 0 Å². The van der Waals surface area contributed by atoms with E-state index < -0.39 is 42.7 Å². The molecular formula is C18H27FN4O6. The number of hydrogen-bond acceptors (Lipinski definition) is 9. The Morgan fingerprint density at radius 1 is 1.45 bits per heavy atom. The second-order valence-electron chi connectivity index (χ2n) is 6.80. The highest BCUT2D eigenvalue weighted by molar-refractivity contribution is 5.76. The van der Waals surface area contributed by atoms with E-state index in [1.54, 1.807) is 0 Å². The summed E-state index contributed by atoms with van der Waals surface area (Å²) in [5, 5.41) is 3.14. The number of esters is 2. The first-order valence-electron chi connectivity index (χ1n) is 9.49. The Balaban J connectivity index is 1.70. The Bertz CT molecular complexity index is 758. The number of carbonyl (C=O) groups is 2. The Labute approximate surface area is 167 Å². The van der Waals surface area contributed by atoms with Crippen molar-refractivity contribution < 1.29 is 28.2 Å². The van der Waals surface area contributed by atoms with Crippen molar-refractivity contribution in [1.82, 2.24) is 14.9 Å². The topological polar surface area (TPSA) is 135 Å². The van der Waals surface area contributed by atoms with Gasteiger partial charge in [-0.2, -0.15) is 4.98 Å². The minimum Gasteiger partial charge on any atom is -0.460 e. The second-order valence-corrected chi connectivity index (χ2v) is 6.80. The summed E-state index contributed by atoms with van der Waals surface area (Å²) in [6.07, 6.45) is -1.07. The van der Waals surface area contributed by atoms with Gasteiger partial charge in [-0.05, 0) is 19.4 Å². The molecular weight excluding hydrogens is 387 g/mol. The van der Waals surface area contributed by atoms with Crippen molar-refractivity contribution in [2.24, 2.45) is 0 Å². The van der Waals surface area contributed by atoms with Crippen LogP contribution in [0.1, 0.15) is 39.3 Å². The Kier molecular flexibility index (Phi) is 8.52. The maximum Gasteiger partial charge on any atom is 0.351 e. The fourth-order valence-corrected chi connectivity index (χ4v) is 2.68. The van der Waals surface area contributed by atoms with Crippen molar-refractivity contribution in [1.29, 1.82) is 0 Å². The van der Waals surface area contributed by atoms with Crippen molar-refractivity contribution >= 4 is 17.8 Å². The van der Waals surface area contributed by atoms with E-state index in [0.29, 0.717) is 12.6 Å². The number of nitrogens with one attached hydrogen (secondary N) is 1. The van der Waals surface area contributed by atoms with Crippen LogP contribution in [-0.2, 0) is 23.8 Å². The molecule has 29 heavy (non-hydrogen) atoms. The fourth-order valence-electron chi connectivity index (χ4n) is 2.68. The molecule has 3 N–H and O–H groups in total. The Morgan fingerprint density at radius 3 is 2.90 bits per heavy atom. The van der Waals surface area contributed by atoms with E-state index in [1.807, 2.05) is 13.8 Å². The van der Waals surface area contributed by atoms with Crippen LogP contribution in [0.15, 0.2) is 17.1 Å². The predicted octanol–water partition coefficient (Wildman–Crippen LogP) is 0.316. The second kappa shape index (κ2) is 10.9. The first-order valence-corrected chi connectivity index (χ1v) is 9.49. The molecule has 4 atom stereocenters. The monoisotopic (exact) mass is 414 g/mol. The van der Waals surface area contributed by atoms with Crippen LogP contribution in [-0.4, -0.2) is 59.6 Å². The van der Waals surface area contributed by atoms with Crippen LogP contribution in [0.3, 0.4) is 0 Å². The standard InChI is InChI=1S/C18H27FN4O6/c1-3-11(2)21-6-4-15(24)28-10-16(25)27-9-12-8-13(19)17(29-12)23-7-5-14(20)22-18(23)26/h5,7,11-13,17,21H,3-4,6,8-10H2,1-2H3,(H2,20,22,26)/t11?,12-,13-,17+/m0/s1. The molecule has 11 heteroatoms. The van der Waals surface area contributed by atoms with Crippen LogP contribution in [0.2, 0.25) is 0 Å². The molecule has 0 saturated carbocycles.